The molecule has 1 aromatic carbocycles. The number of hydrogen-bond donors (Lipinski definition) is 1. The van der Waals surface area contributed by atoms with Crippen molar-refractivity contribution in [1.29, 1.82) is 0 Å². The molecular weight excluding hydrogens is 294 g/mol. The molecule has 1 aliphatic carbocycles. The van der Waals surface area contributed by atoms with Gasteiger partial charge >= 0.3 is 5.97 Å². The molecule has 1 unspecified atom stereocenters. The molecule has 0 bridgehead atoms. The Morgan fingerprint density at radius 2 is 2.06 bits per heavy atom. The van der Waals surface area contributed by atoms with Gasteiger partial charge in [0.15, 0.2) is 0 Å². The molecule has 1 aromatic rings. The van der Waals surface area contributed by atoms with Crippen LogP contribution in [0.25, 0.3) is 0 Å². The van der Waals surface area contributed by atoms with Gasteiger partial charge in [-0.1, -0.05) is 0 Å². The first kappa shape index (κ1) is 12.5. The van der Waals surface area contributed by atoms with Crippen molar-refractivity contribution >= 4 is 21.9 Å². The molecular formula is C12H11BrF2O2. The third kappa shape index (κ3) is 2.83. The highest BCUT2D eigenvalue weighted by molar-refractivity contribution is 9.10. The van der Waals surface area contributed by atoms with Crippen LogP contribution in [0.3, 0.4) is 0 Å². The van der Waals surface area contributed by atoms with Gasteiger partial charge in [-0.3, -0.25) is 4.79 Å². The third-order valence-corrected chi connectivity index (χ3v) is 3.63. The van der Waals surface area contributed by atoms with Crippen molar-refractivity contribution in [3.05, 3.63) is 33.8 Å². The molecule has 5 heteroatoms. The number of benzene rings is 1. The molecule has 2 rings (SSSR count). The molecule has 0 aliphatic heterocycles. The first-order chi connectivity index (χ1) is 7.99. The number of rotatable bonds is 4. The minimum absolute atomic E-state index is 0.111. The summed E-state index contributed by atoms with van der Waals surface area (Å²) in [5.41, 5.74) is 0.295. The Labute approximate surface area is 106 Å². The first-order valence-corrected chi connectivity index (χ1v) is 6.14. The summed E-state index contributed by atoms with van der Waals surface area (Å²) in [7, 11) is 0. The fourth-order valence-corrected chi connectivity index (χ4v) is 2.40. The fourth-order valence-electron chi connectivity index (χ4n) is 2.04. The van der Waals surface area contributed by atoms with Gasteiger partial charge in [-0.05, 0) is 46.3 Å². The van der Waals surface area contributed by atoms with Crippen LogP contribution in [0.5, 0.6) is 0 Å². The highest BCUT2D eigenvalue weighted by Crippen LogP contribution is 2.45. The summed E-state index contributed by atoms with van der Waals surface area (Å²) in [6.45, 7) is 0. The molecule has 0 spiro atoms. The number of hydrogen-bond acceptors (Lipinski definition) is 1. The Hall–Kier alpha value is -0.970. The molecule has 0 amide bonds. The van der Waals surface area contributed by atoms with Crippen LogP contribution in [0.2, 0.25) is 0 Å². The van der Waals surface area contributed by atoms with Crippen molar-refractivity contribution in [3.63, 3.8) is 0 Å². The van der Waals surface area contributed by atoms with Crippen LogP contribution in [0, 0.1) is 17.6 Å². The summed E-state index contributed by atoms with van der Waals surface area (Å²) in [5, 5.41) is 8.83. The Morgan fingerprint density at radius 3 is 2.59 bits per heavy atom. The number of halogens is 3. The average molecular weight is 305 g/mol. The van der Waals surface area contributed by atoms with Crippen molar-refractivity contribution in [2.45, 2.75) is 25.2 Å². The zero-order chi connectivity index (χ0) is 12.6. The van der Waals surface area contributed by atoms with E-state index in [1.165, 1.54) is 6.07 Å². The van der Waals surface area contributed by atoms with E-state index in [1.807, 2.05) is 0 Å². The van der Waals surface area contributed by atoms with Gasteiger partial charge in [0.05, 0.1) is 10.9 Å². The van der Waals surface area contributed by atoms with Crippen LogP contribution in [0.4, 0.5) is 8.78 Å². The van der Waals surface area contributed by atoms with Crippen molar-refractivity contribution < 1.29 is 18.7 Å². The highest BCUT2D eigenvalue weighted by atomic mass is 79.9. The second-order valence-electron chi connectivity index (χ2n) is 4.33. The van der Waals surface area contributed by atoms with Crippen LogP contribution in [-0.4, -0.2) is 11.1 Å². The lowest BCUT2D eigenvalue weighted by Crippen LogP contribution is -2.10. The van der Waals surface area contributed by atoms with Crippen LogP contribution in [-0.2, 0) is 4.79 Å². The molecule has 2 nitrogen and oxygen atoms in total. The average Bonchev–Trinajstić information content (AvgIpc) is 3.04. The van der Waals surface area contributed by atoms with Crippen molar-refractivity contribution in [2.75, 3.05) is 0 Å². The van der Waals surface area contributed by atoms with E-state index in [1.54, 1.807) is 0 Å². The van der Waals surface area contributed by atoms with Gasteiger partial charge in [0.25, 0.3) is 0 Å². The lowest BCUT2D eigenvalue weighted by atomic mass is 9.90. The van der Waals surface area contributed by atoms with E-state index in [2.05, 4.69) is 15.9 Å². The number of aliphatic carboxylic acids is 1. The highest BCUT2D eigenvalue weighted by Gasteiger charge is 2.35. The Morgan fingerprint density at radius 1 is 1.41 bits per heavy atom. The third-order valence-electron chi connectivity index (χ3n) is 3.02. The zero-order valence-corrected chi connectivity index (χ0v) is 10.5. The molecule has 1 N–H and O–H groups in total. The lowest BCUT2D eigenvalue weighted by Gasteiger charge is -2.15. The summed E-state index contributed by atoms with van der Waals surface area (Å²) < 4.78 is 26.9. The van der Waals surface area contributed by atoms with Crippen LogP contribution < -0.4 is 0 Å². The van der Waals surface area contributed by atoms with E-state index in [0.717, 1.165) is 18.9 Å². The van der Waals surface area contributed by atoms with Gasteiger partial charge in [0.1, 0.15) is 11.6 Å². The SMILES string of the molecule is O=C(O)CC(c1cc(Br)c(F)cc1F)C1CC1. The molecule has 0 heterocycles. The van der Waals surface area contributed by atoms with E-state index in [4.69, 9.17) is 5.11 Å². The maximum absolute atomic E-state index is 13.7. The molecule has 17 heavy (non-hydrogen) atoms. The van der Waals surface area contributed by atoms with Crippen molar-refractivity contribution in [3.8, 4) is 0 Å². The lowest BCUT2D eigenvalue weighted by molar-refractivity contribution is -0.137. The van der Waals surface area contributed by atoms with Crippen molar-refractivity contribution in [2.24, 2.45) is 5.92 Å². The molecule has 92 valence electrons. The van der Waals surface area contributed by atoms with Gasteiger partial charge in [-0.15, -0.1) is 0 Å². The zero-order valence-electron chi connectivity index (χ0n) is 8.92. The normalized spacial score (nSPS) is 16.9. The summed E-state index contributed by atoms with van der Waals surface area (Å²) >= 11 is 3.00. The van der Waals surface area contributed by atoms with Gasteiger partial charge in [0.2, 0.25) is 0 Å². The van der Waals surface area contributed by atoms with Crippen LogP contribution >= 0.6 is 15.9 Å². The topological polar surface area (TPSA) is 37.3 Å². The van der Waals surface area contributed by atoms with Gasteiger partial charge in [-0.2, -0.15) is 0 Å². The predicted molar refractivity (Wildman–Crippen MR) is 61.8 cm³/mol. The summed E-state index contributed by atoms with van der Waals surface area (Å²) in [5.74, 6) is -2.44. The number of carboxylic acid groups (broad SMARTS) is 1. The Kier molecular flexibility index (Phi) is 3.47. The van der Waals surface area contributed by atoms with Gasteiger partial charge < -0.3 is 5.11 Å². The van der Waals surface area contributed by atoms with E-state index in [-0.39, 0.29) is 22.7 Å². The molecule has 0 radical (unpaired) electrons. The van der Waals surface area contributed by atoms with E-state index >= 15 is 0 Å². The van der Waals surface area contributed by atoms with E-state index < -0.39 is 17.6 Å². The number of carbonyl (C=O) groups is 1. The molecule has 1 aliphatic rings. The quantitative estimate of drug-likeness (QED) is 0.861. The Bertz CT molecular complexity index is 458. The summed E-state index contributed by atoms with van der Waals surface area (Å²) in [4.78, 5) is 10.8. The maximum atomic E-state index is 13.7. The monoisotopic (exact) mass is 304 g/mol. The summed E-state index contributed by atoms with van der Waals surface area (Å²) in [6, 6.07) is 2.16. The fraction of sp³-hybridized carbons (Fsp3) is 0.417. The van der Waals surface area contributed by atoms with E-state index in [9.17, 15) is 13.6 Å². The van der Waals surface area contributed by atoms with Crippen LogP contribution in [0.15, 0.2) is 16.6 Å². The minimum atomic E-state index is -0.957. The van der Waals surface area contributed by atoms with Gasteiger partial charge in [0, 0.05) is 12.0 Å². The van der Waals surface area contributed by atoms with Gasteiger partial charge in [-0.25, -0.2) is 8.78 Å². The standard InChI is InChI=1S/C12H11BrF2O2/c13-9-3-8(10(14)5-11(9)15)7(4-12(16)17)6-1-2-6/h3,5-7H,1-2,4H2,(H,16,17). The number of carboxylic acids is 1. The molecule has 0 saturated heterocycles. The van der Waals surface area contributed by atoms with E-state index in [0.29, 0.717) is 5.56 Å². The first-order valence-electron chi connectivity index (χ1n) is 5.35. The molecule has 1 fully saturated rings. The molecule has 0 aromatic heterocycles. The second-order valence-corrected chi connectivity index (χ2v) is 5.18. The molecule has 1 atom stereocenters. The van der Waals surface area contributed by atoms with Crippen LogP contribution in [0.1, 0.15) is 30.7 Å². The summed E-state index contributed by atoms with van der Waals surface area (Å²) in [6.07, 6.45) is 1.71. The molecule has 1 saturated carbocycles. The Balaban J connectivity index is 2.35. The smallest absolute Gasteiger partial charge is 0.303 e. The minimum Gasteiger partial charge on any atom is -0.481 e. The largest absolute Gasteiger partial charge is 0.481 e. The van der Waals surface area contributed by atoms with Crippen molar-refractivity contribution in [1.82, 2.24) is 0 Å². The second kappa shape index (κ2) is 4.72. The predicted octanol–water partition coefficient (Wildman–Crippen LogP) is 3.70. The maximum Gasteiger partial charge on any atom is 0.303 e.